The second-order valence-corrected chi connectivity index (χ2v) is 1.32. The van der Waals surface area contributed by atoms with Crippen LogP contribution in [-0.2, 0) is 4.79 Å². The average molecular weight is 117 g/mol. The van der Waals surface area contributed by atoms with Crippen molar-refractivity contribution in [1.29, 1.82) is 0 Å². The van der Waals surface area contributed by atoms with Gasteiger partial charge in [0.05, 0.1) is 0 Å². The first-order valence-electron chi connectivity index (χ1n) is 2.64. The molecule has 0 aliphatic heterocycles. The number of rotatable bonds is 1. The number of carbonyl (C=O) groups is 1. The third kappa shape index (κ3) is 50.6. The summed E-state index contributed by atoms with van der Waals surface area (Å²) in [5, 5.41) is 7.72. The monoisotopic (exact) mass is 117 g/mol. The summed E-state index contributed by atoms with van der Waals surface area (Å²) in [7, 11) is 0. The molecule has 0 aliphatic carbocycles. The van der Waals surface area contributed by atoms with Crippen LogP contribution >= 0.6 is 0 Å². The fraction of sp³-hybridized carbons (Fsp3) is 0.667. The van der Waals surface area contributed by atoms with Gasteiger partial charge in [-0.15, -0.1) is 0 Å². The van der Waals surface area contributed by atoms with Crippen LogP contribution in [-0.4, -0.2) is 11.1 Å². The Labute approximate surface area is 50.5 Å². The lowest BCUT2D eigenvalue weighted by Gasteiger charge is -1.71. The van der Waals surface area contributed by atoms with Crippen LogP contribution in [0.5, 0.6) is 0 Å². The topological polar surface area (TPSA) is 37.3 Å². The van der Waals surface area contributed by atoms with Crippen LogP contribution in [0.3, 0.4) is 0 Å². The zero-order chi connectivity index (χ0) is 6.99. The van der Waals surface area contributed by atoms with E-state index in [1.807, 2.05) is 20.3 Å². The van der Waals surface area contributed by atoms with Crippen LogP contribution in [0.2, 0.25) is 0 Å². The summed E-state index contributed by atoms with van der Waals surface area (Å²) in [4.78, 5) is 9.37. The van der Waals surface area contributed by atoms with E-state index >= 15 is 0 Å². The Bertz CT molecular complexity index is 50.5. The molecule has 2 heteroatoms. The number of hydrogen-bond donors (Lipinski definition) is 1. The Morgan fingerprint density at radius 2 is 1.75 bits per heavy atom. The lowest BCUT2D eigenvalue weighted by molar-refractivity contribution is -0.136. The third-order valence-corrected chi connectivity index (χ3v) is 0.302. The number of aliphatic carboxylic acids is 1. The van der Waals surface area contributed by atoms with Gasteiger partial charge in [0.25, 0.3) is 0 Å². The van der Waals surface area contributed by atoms with Crippen LogP contribution in [0.15, 0.2) is 0 Å². The lowest BCUT2D eigenvalue weighted by atomic mass is 10.5. The SMILES string of the molecule is CCC(=O)O.C[CH]C. The summed E-state index contributed by atoms with van der Waals surface area (Å²) in [6.45, 7) is 5.60. The quantitative estimate of drug-likeness (QED) is 0.567. The van der Waals surface area contributed by atoms with Crippen molar-refractivity contribution in [2.75, 3.05) is 0 Å². The van der Waals surface area contributed by atoms with Gasteiger partial charge in [0.2, 0.25) is 0 Å². The Kier molecular flexibility index (Phi) is 12.7. The second kappa shape index (κ2) is 9.69. The molecular formula is C6H13O2. The van der Waals surface area contributed by atoms with Gasteiger partial charge < -0.3 is 5.11 Å². The molecule has 1 radical (unpaired) electrons. The van der Waals surface area contributed by atoms with Crippen LogP contribution < -0.4 is 0 Å². The lowest BCUT2D eigenvalue weighted by Crippen LogP contribution is -1.86. The maximum atomic E-state index is 9.37. The van der Waals surface area contributed by atoms with Gasteiger partial charge in [-0.05, 0) is 6.42 Å². The summed E-state index contributed by atoms with van der Waals surface area (Å²) in [6, 6.07) is 0. The molecule has 0 fully saturated rings. The van der Waals surface area contributed by atoms with E-state index < -0.39 is 5.97 Å². The van der Waals surface area contributed by atoms with E-state index in [1.54, 1.807) is 6.92 Å². The molecule has 0 aromatic carbocycles. The standard InChI is InChI=1S/C3H6O2.C3H7/c1-2-3(4)5;1-3-2/h2H2,1H3,(H,4,5);3H,1-2H3. The molecule has 2 nitrogen and oxygen atoms in total. The van der Waals surface area contributed by atoms with Gasteiger partial charge in [-0.1, -0.05) is 20.8 Å². The minimum atomic E-state index is -0.745. The summed E-state index contributed by atoms with van der Waals surface area (Å²) in [5.41, 5.74) is 0. The van der Waals surface area contributed by atoms with E-state index in [0.29, 0.717) is 0 Å². The minimum absolute atomic E-state index is 0.222. The van der Waals surface area contributed by atoms with E-state index in [2.05, 4.69) is 0 Å². The molecule has 0 spiro atoms. The van der Waals surface area contributed by atoms with Crippen LogP contribution in [0.1, 0.15) is 27.2 Å². The molecule has 0 unspecified atom stereocenters. The van der Waals surface area contributed by atoms with Crippen LogP contribution in [0.4, 0.5) is 0 Å². The van der Waals surface area contributed by atoms with Crippen molar-refractivity contribution >= 4 is 5.97 Å². The molecule has 0 heterocycles. The molecule has 0 rings (SSSR count). The largest absolute Gasteiger partial charge is 0.481 e. The van der Waals surface area contributed by atoms with Gasteiger partial charge >= 0.3 is 5.97 Å². The highest BCUT2D eigenvalue weighted by molar-refractivity contribution is 5.66. The highest BCUT2D eigenvalue weighted by atomic mass is 16.4. The minimum Gasteiger partial charge on any atom is -0.481 e. The van der Waals surface area contributed by atoms with Crippen molar-refractivity contribution in [2.45, 2.75) is 27.2 Å². The van der Waals surface area contributed by atoms with Crippen molar-refractivity contribution < 1.29 is 9.90 Å². The number of hydrogen-bond acceptors (Lipinski definition) is 1. The molecule has 0 aliphatic rings. The Morgan fingerprint density at radius 1 is 1.62 bits per heavy atom. The highest BCUT2D eigenvalue weighted by Gasteiger charge is 1.80. The van der Waals surface area contributed by atoms with Gasteiger partial charge in [0.1, 0.15) is 0 Å². The second-order valence-electron chi connectivity index (χ2n) is 1.32. The maximum Gasteiger partial charge on any atom is 0.303 e. The van der Waals surface area contributed by atoms with Crippen molar-refractivity contribution in [3.05, 3.63) is 6.42 Å². The first-order valence-corrected chi connectivity index (χ1v) is 2.64. The molecule has 0 bridgehead atoms. The van der Waals surface area contributed by atoms with E-state index in [1.165, 1.54) is 0 Å². The zero-order valence-corrected chi connectivity index (χ0v) is 5.64. The van der Waals surface area contributed by atoms with E-state index in [4.69, 9.17) is 5.11 Å². The van der Waals surface area contributed by atoms with E-state index in [9.17, 15) is 4.79 Å². The van der Waals surface area contributed by atoms with Gasteiger partial charge in [-0.25, -0.2) is 0 Å². The Morgan fingerprint density at radius 3 is 1.75 bits per heavy atom. The molecule has 1 N–H and O–H groups in total. The highest BCUT2D eigenvalue weighted by Crippen LogP contribution is 1.67. The van der Waals surface area contributed by atoms with Gasteiger partial charge in [-0.3, -0.25) is 4.79 Å². The normalized spacial score (nSPS) is 6.88. The first kappa shape index (κ1) is 10.5. The summed E-state index contributed by atoms with van der Waals surface area (Å²) in [6.07, 6.45) is 2.22. The van der Waals surface area contributed by atoms with Gasteiger partial charge in [0.15, 0.2) is 0 Å². The van der Waals surface area contributed by atoms with Gasteiger partial charge in [0, 0.05) is 6.42 Å². The van der Waals surface area contributed by atoms with Crippen molar-refractivity contribution in [2.24, 2.45) is 0 Å². The van der Waals surface area contributed by atoms with Crippen molar-refractivity contribution in [3.63, 3.8) is 0 Å². The number of carboxylic acid groups (broad SMARTS) is 1. The molecule has 0 saturated heterocycles. The predicted octanol–water partition coefficient (Wildman–Crippen LogP) is 1.71. The van der Waals surface area contributed by atoms with Crippen LogP contribution in [0.25, 0.3) is 0 Å². The van der Waals surface area contributed by atoms with Crippen molar-refractivity contribution in [1.82, 2.24) is 0 Å². The van der Waals surface area contributed by atoms with Gasteiger partial charge in [-0.2, -0.15) is 0 Å². The predicted molar refractivity (Wildman–Crippen MR) is 33.6 cm³/mol. The summed E-state index contributed by atoms with van der Waals surface area (Å²) < 4.78 is 0. The zero-order valence-electron chi connectivity index (χ0n) is 5.64. The maximum absolute atomic E-state index is 9.37. The molecule has 0 atom stereocenters. The molecule has 49 valence electrons. The fourth-order valence-electron chi connectivity index (χ4n) is 0. The molecule has 8 heavy (non-hydrogen) atoms. The summed E-state index contributed by atoms with van der Waals surface area (Å²) in [5.74, 6) is -0.745. The van der Waals surface area contributed by atoms with Crippen molar-refractivity contribution in [3.8, 4) is 0 Å². The fourth-order valence-corrected chi connectivity index (χ4v) is 0. The smallest absolute Gasteiger partial charge is 0.303 e. The Balaban J connectivity index is 0. The van der Waals surface area contributed by atoms with Crippen LogP contribution in [0, 0.1) is 6.42 Å². The average Bonchev–Trinajstić information content (AvgIpc) is 1.69. The first-order chi connectivity index (χ1) is 3.68. The molecule has 0 saturated carbocycles. The van der Waals surface area contributed by atoms with E-state index in [0.717, 1.165) is 0 Å². The number of carboxylic acids is 1. The molecule has 0 amide bonds. The molecule has 0 aromatic heterocycles. The Hall–Kier alpha value is -0.530. The molecular weight excluding hydrogens is 104 g/mol. The third-order valence-electron chi connectivity index (χ3n) is 0.302. The van der Waals surface area contributed by atoms with E-state index in [-0.39, 0.29) is 6.42 Å². The molecule has 0 aromatic rings. The summed E-state index contributed by atoms with van der Waals surface area (Å²) >= 11 is 0.